The molecule has 104 valence electrons. The van der Waals surface area contributed by atoms with Crippen molar-refractivity contribution in [2.24, 2.45) is 0 Å². The molecule has 1 rings (SSSR count). The third kappa shape index (κ3) is 5.13. The number of nitrogens with one attached hydrogen (secondary N) is 2. The van der Waals surface area contributed by atoms with E-state index >= 15 is 0 Å². The van der Waals surface area contributed by atoms with Crippen molar-refractivity contribution in [1.29, 1.82) is 0 Å². The van der Waals surface area contributed by atoms with Gasteiger partial charge in [-0.25, -0.2) is 9.18 Å². The first-order valence-electron chi connectivity index (χ1n) is 5.66. The van der Waals surface area contributed by atoms with Gasteiger partial charge in [-0.2, -0.15) is 0 Å². The first-order chi connectivity index (χ1) is 8.92. The van der Waals surface area contributed by atoms with Gasteiger partial charge in [-0.1, -0.05) is 18.5 Å². The summed E-state index contributed by atoms with van der Waals surface area (Å²) in [7, 11) is 0. The van der Waals surface area contributed by atoms with Gasteiger partial charge in [0.1, 0.15) is 5.82 Å². The SMILES string of the molecule is CCC(CC(=O)O)NC(=O)Nc1ccc(Cl)cc1F. The summed E-state index contributed by atoms with van der Waals surface area (Å²) in [6, 6.07) is 2.68. The fourth-order valence-corrected chi connectivity index (χ4v) is 1.60. The summed E-state index contributed by atoms with van der Waals surface area (Å²) < 4.78 is 13.4. The number of carboxylic acid groups (broad SMARTS) is 1. The van der Waals surface area contributed by atoms with Crippen LogP contribution in [0.5, 0.6) is 0 Å². The molecule has 5 nitrogen and oxygen atoms in total. The van der Waals surface area contributed by atoms with E-state index in [1.807, 2.05) is 0 Å². The molecule has 2 amide bonds. The predicted octanol–water partition coefficient (Wildman–Crippen LogP) is 2.85. The number of aliphatic carboxylic acids is 1. The highest BCUT2D eigenvalue weighted by atomic mass is 35.5. The molecule has 0 aliphatic heterocycles. The van der Waals surface area contributed by atoms with Crippen molar-refractivity contribution in [3.05, 3.63) is 29.0 Å². The number of carboxylic acids is 1. The highest BCUT2D eigenvalue weighted by Gasteiger charge is 2.15. The molecule has 0 fully saturated rings. The summed E-state index contributed by atoms with van der Waals surface area (Å²) in [4.78, 5) is 22.1. The van der Waals surface area contributed by atoms with Crippen molar-refractivity contribution in [1.82, 2.24) is 5.32 Å². The monoisotopic (exact) mass is 288 g/mol. The van der Waals surface area contributed by atoms with Gasteiger partial charge in [0.15, 0.2) is 0 Å². The lowest BCUT2D eigenvalue weighted by Gasteiger charge is -2.15. The third-order valence-corrected chi connectivity index (χ3v) is 2.66. The highest BCUT2D eigenvalue weighted by molar-refractivity contribution is 6.30. The molecule has 1 atom stereocenters. The lowest BCUT2D eigenvalue weighted by molar-refractivity contribution is -0.137. The summed E-state index contributed by atoms with van der Waals surface area (Å²) in [5.41, 5.74) is -0.0212. The topological polar surface area (TPSA) is 78.4 Å². The van der Waals surface area contributed by atoms with Crippen LogP contribution in [0.2, 0.25) is 5.02 Å². The molecule has 0 spiro atoms. The Balaban J connectivity index is 2.61. The molecule has 1 unspecified atom stereocenters. The Labute approximate surface area is 114 Å². The van der Waals surface area contributed by atoms with Gasteiger partial charge in [0, 0.05) is 11.1 Å². The summed E-state index contributed by atoms with van der Waals surface area (Å²) in [5, 5.41) is 13.6. The first kappa shape index (κ1) is 15.2. The van der Waals surface area contributed by atoms with Crippen LogP contribution in [-0.2, 0) is 4.79 Å². The number of hydrogen-bond donors (Lipinski definition) is 3. The molecule has 0 aromatic heterocycles. The number of hydrogen-bond acceptors (Lipinski definition) is 2. The normalized spacial score (nSPS) is 11.7. The maximum atomic E-state index is 13.4. The molecule has 0 heterocycles. The van der Waals surface area contributed by atoms with Gasteiger partial charge >= 0.3 is 12.0 Å². The van der Waals surface area contributed by atoms with Crippen LogP contribution >= 0.6 is 11.6 Å². The second kappa shape index (κ2) is 6.94. The van der Waals surface area contributed by atoms with Crippen molar-refractivity contribution in [3.8, 4) is 0 Å². The van der Waals surface area contributed by atoms with Crippen LogP contribution < -0.4 is 10.6 Å². The van der Waals surface area contributed by atoms with Gasteiger partial charge < -0.3 is 15.7 Å². The van der Waals surface area contributed by atoms with Gasteiger partial charge in [0.2, 0.25) is 0 Å². The van der Waals surface area contributed by atoms with E-state index in [-0.39, 0.29) is 17.1 Å². The zero-order valence-electron chi connectivity index (χ0n) is 10.2. The van der Waals surface area contributed by atoms with E-state index in [4.69, 9.17) is 16.7 Å². The zero-order valence-corrected chi connectivity index (χ0v) is 11.0. The molecule has 0 bridgehead atoms. The minimum absolute atomic E-state index is 0.0212. The van der Waals surface area contributed by atoms with Gasteiger partial charge in [-0.15, -0.1) is 0 Å². The van der Waals surface area contributed by atoms with Crippen LogP contribution in [0, 0.1) is 5.82 Å². The van der Waals surface area contributed by atoms with Gasteiger partial charge in [0.25, 0.3) is 0 Å². The molecule has 1 aromatic rings. The number of halogens is 2. The molecule has 0 aliphatic rings. The van der Waals surface area contributed by atoms with Gasteiger partial charge in [-0.05, 0) is 24.6 Å². The smallest absolute Gasteiger partial charge is 0.319 e. The van der Waals surface area contributed by atoms with Crippen LogP contribution in [-0.4, -0.2) is 23.1 Å². The lowest BCUT2D eigenvalue weighted by Crippen LogP contribution is -2.39. The maximum absolute atomic E-state index is 13.4. The summed E-state index contributed by atoms with van der Waals surface area (Å²) >= 11 is 5.58. The summed E-state index contributed by atoms with van der Waals surface area (Å²) in [5.74, 6) is -1.67. The minimum Gasteiger partial charge on any atom is -0.481 e. The Morgan fingerprint density at radius 2 is 2.16 bits per heavy atom. The molecule has 7 heteroatoms. The molecule has 0 saturated heterocycles. The van der Waals surface area contributed by atoms with E-state index in [0.29, 0.717) is 6.42 Å². The fourth-order valence-electron chi connectivity index (χ4n) is 1.44. The average molecular weight is 289 g/mol. The van der Waals surface area contributed by atoms with E-state index in [1.54, 1.807) is 6.92 Å². The number of rotatable bonds is 5. The van der Waals surface area contributed by atoms with E-state index in [0.717, 1.165) is 6.07 Å². The number of carbonyl (C=O) groups is 2. The van der Waals surface area contributed by atoms with Crippen LogP contribution in [0.15, 0.2) is 18.2 Å². The Kier molecular flexibility index (Phi) is 5.57. The molecule has 1 aromatic carbocycles. The minimum atomic E-state index is -1.01. The molecular weight excluding hydrogens is 275 g/mol. The second-order valence-corrected chi connectivity index (χ2v) is 4.36. The van der Waals surface area contributed by atoms with Crippen molar-refractivity contribution >= 4 is 29.3 Å². The highest BCUT2D eigenvalue weighted by Crippen LogP contribution is 2.18. The van der Waals surface area contributed by atoms with Crippen molar-refractivity contribution in [3.63, 3.8) is 0 Å². The molecule has 3 N–H and O–H groups in total. The van der Waals surface area contributed by atoms with Gasteiger partial charge in [0.05, 0.1) is 12.1 Å². The Hall–Kier alpha value is -1.82. The number of carbonyl (C=O) groups excluding carboxylic acids is 1. The molecular formula is C12H14ClFN2O3. The van der Waals surface area contributed by atoms with Crippen molar-refractivity contribution < 1.29 is 19.1 Å². The van der Waals surface area contributed by atoms with Gasteiger partial charge in [-0.3, -0.25) is 4.79 Å². The molecule has 0 saturated carbocycles. The van der Waals surface area contributed by atoms with Crippen LogP contribution in [0.25, 0.3) is 0 Å². The fraction of sp³-hybridized carbons (Fsp3) is 0.333. The van der Waals surface area contributed by atoms with Crippen molar-refractivity contribution in [2.75, 3.05) is 5.32 Å². The Morgan fingerprint density at radius 3 is 2.68 bits per heavy atom. The summed E-state index contributed by atoms with van der Waals surface area (Å²) in [6.07, 6.45) is 0.274. The van der Waals surface area contributed by atoms with E-state index < -0.39 is 23.9 Å². The van der Waals surface area contributed by atoms with E-state index in [9.17, 15) is 14.0 Å². The largest absolute Gasteiger partial charge is 0.481 e. The number of benzene rings is 1. The first-order valence-corrected chi connectivity index (χ1v) is 6.04. The van der Waals surface area contributed by atoms with Crippen LogP contribution in [0.3, 0.4) is 0 Å². The number of urea groups is 1. The van der Waals surface area contributed by atoms with Crippen LogP contribution in [0.1, 0.15) is 19.8 Å². The van der Waals surface area contributed by atoms with Crippen molar-refractivity contribution in [2.45, 2.75) is 25.8 Å². The van der Waals surface area contributed by atoms with E-state index in [1.165, 1.54) is 12.1 Å². The maximum Gasteiger partial charge on any atom is 0.319 e. The van der Waals surface area contributed by atoms with E-state index in [2.05, 4.69) is 10.6 Å². The molecule has 0 aliphatic carbocycles. The quantitative estimate of drug-likeness (QED) is 0.779. The number of amides is 2. The lowest BCUT2D eigenvalue weighted by atomic mass is 10.1. The van der Waals surface area contributed by atoms with Crippen LogP contribution in [0.4, 0.5) is 14.9 Å². The summed E-state index contributed by atoms with van der Waals surface area (Å²) in [6.45, 7) is 1.75. The zero-order chi connectivity index (χ0) is 14.4. The molecule has 19 heavy (non-hydrogen) atoms. The Bertz CT molecular complexity index is 482. The Morgan fingerprint density at radius 1 is 1.47 bits per heavy atom. The molecule has 0 radical (unpaired) electrons. The number of anilines is 1. The standard InChI is InChI=1S/C12H14ClFN2O3/c1-2-8(6-11(17)18)15-12(19)16-10-4-3-7(13)5-9(10)14/h3-5,8H,2,6H2,1H3,(H,17,18)(H2,15,16,19). The average Bonchev–Trinajstić information content (AvgIpc) is 2.31. The predicted molar refractivity (Wildman–Crippen MR) is 69.9 cm³/mol. The second-order valence-electron chi connectivity index (χ2n) is 3.93. The third-order valence-electron chi connectivity index (χ3n) is 2.43.